The van der Waals surface area contributed by atoms with Gasteiger partial charge in [-0.05, 0) is 41.8 Å². The second-order valence-corrected chi connectivity index (χ2v) is 4.63. The summed E-state index contributed by atoms with van der Waals surface area (Å²) in [7, 11) is 0. The zero-order chi connectivity index (χ0) is 15.1. The van der Waals surface area contributed by atoms with E-state index in [0.29, 0.717) is 25.2 Å². The lowest BCUT2D eigenvalue weighted by Gasteiger charge is -2.07. The maximum Gasteiger partial charge on any atom is 0.234 e. The number of nitrogens with one attached hydrogen (secondary N) is 1. The molecule has 2 aromatic carbocycles. The Kier molecular flexibility index (Phi) is 5.29. The maximum absolute atomic E-state index is 13.0. The number of carbonyl (C=O) groups excluding carboxylic acids is 1. The van der Waals surface area contributed by atoms with Crippen LogP contribution in [0.2, 0.25) is 0 Å². The first kappa shape index (κ1) is 15.0. The molecule has 0 aliphatic rings. The second kappa shape index (κ2) is 7.40. The van der Waals surface area contributed by atoms with Crippen LogP contribution in [0.5, 0.6) is 5.75 Å². The minimum Gasteiger partial charge on any atom is -0.489 e. The van der Waals surface area contributed by atoms with Crippen LogP contribution in [0.4, 0.5) is 4.39 Å². The van der Waals surface area contributed by atoms with Crippen LogP contribution < -0.4 is 16.0 Å². The van der Waals surface area contributed by atoms with Gasteiger partial charge in [0.1, 0.15) is 18.2 Å². The number of carbonyl (C=O) groups is 1. The van der Waals surface area contributed by atoms with Gasteiger partial charge in [-0.2, -0.15) is 0 Å². The van der Waals surface area contributed by atoms with Gasteiger partial charge in [-0.1, -0.05) is 24.3 Å². The van der Waals surface area contributed by atoms with Crippen molar-refractivity contribution in [1.82, 2.24) is 5.43 Å². The summed E-state index contributed by atoms with van der Waals surface area (Å²) in [6.45, 7) is 0.312. The number of rotatable bonds is 6. The lowest BCUT2D eigenvalue weighted by molar-refractivity contribution is -0.121. The Morgan fingerprint density at radius 3 is 2.57 bits per heavy atom. The molecule has 0 bridgehead atoms. The maximum atomic E-state index is 13.0. The Labute approximate surface area is 122 Å². The summed E-state index contributed by atoms with van der Waals surface area (Å²) in [4.78, 5) is 11.0. The minimum atomic E-state index is -0.273. The van der Waals surface area contributed by atoms with E-state index in [1.807, 2.05) is 30.3 Å². The molecule has 0 atom stereocenters. The molecule has 21 heavy (non-hydrogen) atoms. The van der Waals surface area contributed by atoms with E-state index in [9.17, 15) is 9.18 Å². The van der Waals surface area contributed by atoms with Crippen LogP contribution in [0.3, 0.4) is 0 Å². The van der Waals surface area contributed by atoms with Gasteiger partial charge < -0.3 is 4.74 Å². The molecule has 0 unspecified atom stereocenters. The first-order valence-corrected chi connectivity index (χ1v) is 6.63. The molecule has 110 valence electrons. The monoisotopic (exact) mass is 288 g/mol. The second-order valence-electron chi connectivity index (χ2n) is 4.63. The number of ether oxygens (including phenoxy) is 1. The van der Waals surface area contributed by atoms with Crippen LogP contribution in [0.15, 0.2) is 48.5 Å². The quantitative estimate of drug-likeness (QED) is 0.487. The molecular weight excluding hydrogens is 271 g/mol. The van der Waals surface area contributed by atoms with Gasteiger partial charge in [0, 0.05) is 6.42 Å². The molecule has 0 saturated carbocycles. The predicted octanol–water partition coefficient (Wildman–Crippen LogP) is 2.33. The molecule has 5 heteroatoms. The highest BCUT2D eigenvalue weighted by Crippen LogP contribution is 2.15. The van der Waals surface area contributed by atoms with Gasteiger partial charge in [0.25, 0.3) is 0 Å². The summed E-state index contributed by atoms with van der Waals surface area (Å²) in [5, 5.41) is 0. The molecule has 0 radical (unpaired) electrons. The first-order valence-electron chi connectivity index (χ1n) is 6.63. The molecule has 2 aromatic rings. The van der Waals surface area contributed by atoms with Crippen LogP contribution in [0.25, 0.3) is 0 Å². The van der Waals surface area contributed by atoms with Gasteiger partial charge in [0.05, 0.1) is 0 Å². The summed E-state index contributed by atoms with van der Waals surface area (Å²) >= 11 is 0. The zero-order valence-corrected chi connectivity index (χ0v) is 11.5. The predicted molar refractivity (Wildman–Crippen MR) is 77.8 cm³/mol. The summed E-state index contributed by atoms with van der Waals surface area (Å²) in [6, 6.07) is 13.7. The minimum absolute atomic E-state index is 0.193. The highest BCUT2D eigenvalue weighted by atomic mass is 19.1. The van der Waals surface area contributed by atoms with E-state index in [1.165, 1.54) is 12.1 Å². The Balaban J connectivity index is 1.86. The van der Waals surface area contributed by atoms with E-state index in [2.05, 4.69) is 5.43 Å². The normalized spacial score (nSPS) is 10.2. The van der Waals surface area contributed by atoms with E-state index < -0.39 is 0 Å². The average Bonchev–Trinajstić information content (AvgIpc) is 2.51. The third-order valence-electron chi connectivity index (χ3n) is 3.02. The third kappa shape index (κ3) is 4.89. The van der Waals surface area contributed by atoms with Crippen molar-refractivity contribution in [1.29, 1.82) is 0 Å². The fourth-order valence-electron chi connectivity index (χ4n) is 1.88. The number of halogens is 1. The van der Waals surface area contributed by atoms with Crippen molar-refractivity contribution in [3.8, 4) is 5.75 Å². The molecule has 0 spiro atoms. The van der Waals surface area contributed by atoms with Crippen molar-refractivity contribution in [2.75, 3.05) is 0 Å². The SMILES string of the molecule is NNC(=O)CCc1ccc(OCc2cccc(F)c2)cc1. The lowest BCUT2D eigenvalue weighted by atomic mass is 10.1. The van der Waals surface area contributed by atoms with Gasteiger partial charge in [0.15, 0.2) is 0 Å². The molecule has 0 aliphatic carbocycles. The van der Waals surface area contributed by atoms with Crippen molar-refractivity contribution in [3.05, 3.63) is 65.5 Å². The number of nitrogens with two attached hydrogens (primary N) is 1. The van der Waals surface area contributed by atoms with Crippen molar-refractivity contribution >= 4 is 5.91 Å². The van der Waals surface area contributed by atoms with Crippen LogP contribution in [0.1, 0.15) is 17.5 Å². The van der Waals surface area contributed by atoms with E-state index in [1.54, 1.807) is 6.07 Å². The van der Waals surface area contributed by atoms with E-state index >= 15 is 0 Å². The molecule has 0 aliphatic heterocycles. The number of hydrogen-bond donors (Lipinski definition) is 2. The van der Waals surface area contributed by atoms with Crippen LogP contribution in [-0.4, -0.2) is 5.91 Å². The highest BCUT2D eigenvalue weighted by Gasteiger charge is 2.01. The Bertz CT molecular complexity index is 599. The Morgan fingerprint density at radius 2 is 1.90 bits per heavy atom. The number of amides is 1. The molecule has 4 nitrogen and oxygen atoms in total. The number of hydrazine groups is 1. The molecule has 0 saturated heterocycles. The largest absolute Gasteiger partial charge is 0.489 e. The molecule has 3 N–H and O–H groups in total. The highest BCUT2D eigenvalue weighted by molar-refractivity contribution is 5.75. The Morgan fingerprint density at radius 1 is 1.14 bits per heavy atom. The molecular formula is C16H17FN2O2. The number of hydrogen-bond acceptors (Lipinski definition) is 3. The van der Waals surface area contributed by atoms with Crippen LogP contribution in [-0.2, 0) is 17.8 Å². The van der Waals surface area contributed by atoms with E-state index in [4.69, 9.17) is 10.6 Å². The van der Waals surface area contributed by atoms with Crippen LogP contribution >= 0.6 is 0 Å². The topological polar surface area (TPSA) is 64.3 Å². The summed E-state index contributed by atoms with van der Waals surface area (Å²) in [5.74, 6) is 5.25. The third-order valence-corrected chi connectivity index (χ3v) is 3.02. The van der Waals surface area contributed by atoms with Crippen molar-refractivity contribution in [2.24, 2.45) is 5.84 Å². The molecule has 0 aromatic heterocycles. The molecule has 0 heterocycles. The number of benzene rings is 2. The molecule has 2 rings (SSSR count). The van der Waals surface area contributed by atoms with Gasteiger partial charge in [-0.3, -0.25) is 10.2 Å². The van der Waals surface area contributed by atoms with Crippen molar-refractivity contribution in [2.45, 2.75) is 19.4 Å². The first-order chi connectivity index (χ1) is 10.2. The van der Waals surface area contributed by atoms with Gasteiger partial charge >= 0.3 is 0 Å². The van der Waals surface area contributed by atoms with E-state index in [0.717, 1.165) is 11.1 Å². The summed E-state index contributed by atoms with van der Waals surface area (Å²) < 4.78 is 18.6. The summed E-state index contributed by atoms with van der Waals surface area (Å²) in [5.41, 5.74) is 3.90. The van der Waals surface area contributed by atoms with Crippen LogP contribution in [0, 0.1) is 5.82 Å². The van der Waals surface area contributed by atoms with Crippen molar-refractivity contribution < 1.29 is 13.9 Å². The van der Waals surface area contributed by atoms with Gasteiger partial charge in [-0.25, -0.2) is 10.2 Å². The average molecular weight is 288 g/mol. The molecule has 1 amide bonds. The zero-order valence-electron chi connectivity index (χ0n) is 11.5. The molecule has 0 fully saturated rings. The fraction of sp³-hybridized carbons (Fsp3) is 0.188. The van der Waals surface area contributed by atoms with E-state index in [-0.39, 0.29) is 11.7 Å². The standard InChI is InChI=1S/C16H17FN2O2/c17-14-3-1-2-13(10-14)11-21-15-7-4-12(5-8-15)6-9-16(20)19-18/h1-5,7-8,10H,6,9,11,18H2,(H,19,20). The van der Waals surface area contributed by atoms with Gasteiger partial charge in [0.2, 0.25) is 5.91 Å². The lowest BCUT2D eigenvalue weighted by Crippen LogP contribution is -2.30. The summed E-state index contributed by atoms with van der Waals surface area (Å²) in [6.07, 6.45) is 0.965. The van der Waals surface area contributed by atoms with Crippen molar-refractivity contribution in [3.63, 3.8) is 0 Å². The fourth-order valence-corrected chi connectivity index (χ4v) is 1.88. The smallest absolute Gasteiger partial charge is 0.234 e. The van der Waals surface area contributed by atoms with Gasteiger partial charge in [-0.15, -0.1) is 0 Å². The Hall–Kier alpha value is -2.40. The number of aryl methyl sites for hydroxylation is 1.